The van der Waals surface area contributed by atoms with E-state index < -0.39 is 10.0 Å². The molecule has 1 aromatic carbocycles. The van der Waals surface area contributed by atoms with Crippen molar-refractivity contribution in [3.63, 3.8) is 0 Å². The summed E-state index contributed by atoms with van der Waals surface area (Å²) in [6, 6.07) is 9.55. The molecule has 0 spiro atoms. The van der Waals surface area contributed by atoms with Gasteiger partial charge in [-0.15, -0.1) is 0 Å². The van der Waals surface area contributed by atoms with Crippen molar-refractivity contribution in [1.82, 2.24) is 9.71 Å². The molecule has 1 aromatic heterocycles. The third kappa shape index (κ3) is 3.40. The molecule has 2 aromatic rings. The Kier molecular flexibility index (Phi) is 4.80. The van der Waals surface area contributed by atoms with E-state index in [1.54, 1.807) is 12.1 Å². The second kappa shape index (κ2) is 7.08. The first-order valence-electron chi connectivity index (χ1n) is 9.56. The lowest BCUT2D eigenvalue weighted by molar-refractivity contribution is 0.437. The number of H-pyrrole nitrogens is 1. The quantitative estimate of drug-likeness (QED) is 0.862. The number of nitrogens with zero attached hydrogens (tertiary/aromatic N) is 1. The number of aromatic amines is 1. The molecule has 1 saturated carbocycles. The van der Waals surface area contributed by atoms with E-state index in [4.69, 9.17) is 0 Å². The number of fused-ring (bicyclic) bond motifs is 1. The lowest BCUT2D eigenvalue weighted by Gasteiger charge is -2.29. The molecule has 26 heavy (non-hydrogen) atoms. The summed E-state index contributed by atoms with van der Waals surface area (Å²) in [6.07, 6.45) is 7.71. The van der Waals surface area contributed by atoms with Crippen LogP contribution in [0, 0.1) is 0 Å². The molecular weight excluding hydrogens is 346 g/mol. The van der Waals surface area contributed by atoms with Crippen LogP contribution in [-0.4, -0.2) is 27.0 Å². The predicted octanol–water partition coefficient (Wildman–Crippen LogP) is 3.53. The van der Waals surface area contributed by atoms with E-state index >= 15 is 0 Å². The van der Waals surface area contributed by atoms with Gasteiger partial charge in [-0.05, 0) is 61.7 Å². The van der Waals surface area contributed by atoms with Gasteiger partial charge in [0.2, 0.25) is 10.0 Å². The van der Waals surface area contributed by atoms with Gasteiger partial charge >= 0.3 is 0 Å². The zero-order valence-electron chi connectivity index (χ0n) is 15.3. The summed E-state index contributed by atoms with van der Waals surface area (Å²) in [5.74, 6) is 0.703. The Morgan fingerprint density at radius 1 is 1.12 bits per heavy atom. The molecule has 4 rings (SSSR count). The predicted molar refractivity (Wildman–Crippen MR) is 104 cm³/mol. The number of sulfonamides is 1. The second-order valence-corrected chi connectivity index (χ2v) is 9.32. The molecule has 140 valence electrons. The van der Waals surface area contributed by atoms with Gasteiger partial charge in [-0.1, -0.05) is 19.3 Å². The molecule has 0 bridgehead atoms. The standard InChI is InChI=1S/C20H27N3O2S/c1-21-26(24,25)18-9-7-17(8-10-18)23-12-11-19-16(14-23)13-20(22-19)15-5-3-2-4-6-15/h7-10,13,15,21-22H,2-6,11-12,14H2,1H3. The topological polar surface area (TPSA) is 65.2 Å². The molecule has 5 nitrogen and oxygen atoms in total. The minimum absolute atomic E-state index is 0.308. The number of hydrogen-bond donors (Lipinski definition) is 2. The van der Waals surface area contributed by atoms with Crippen LogP contribution in [0.25, 0.3) is 0 Å². The van der Waals surface area contributed by atoms with Crippen molar-refractivity contribution in [1.29, 1.82) is 0 Å². The van der Waals surface area contributed by atoms with Crippen molar-refractivity contribution in [2.24, 2.45) is 0 Å². The minimum atomic E-state index is -3.38. The van der Waals surface area contributed by atoms with Gasteiger partial charge in [0.1, 0.15) is 0 Å². The average molecular weight is 374 g/mol. The molecule has 0 atom stereocenters. The van der Waals surface area contributed by atoms with Gasteiger partial charge in [0.25, 0.3) is 0 Å². The fourth-order valence-corrected chi connectivity index (χ4v) is 5.00. The first kappa shape index (κ1) is 17.6. The Morgan fingerprint density at radius 2 is 1.85 bits per heavy atom. The molecule has 0 saturated heterocycles. The first-order valence-corrected chi connectivity index (χ1v) is 11.0. The van der Waals surface area contributed by atoms with Crippen molar-refractivity contribution in [2.75, 3.05) is 18.5 Å². The number of hydrogen-bond acceptors (Lipinski definition) is 3. The average Bonchev–Trinajstić information content (AvgIpc) is 3.12. The molecule has 1 fully saturated rings. The van der Waals surface area contributed by atoms with E-state index in [0.717, 1.165) is 25.2 Å². The highest BCUT2D eigenvalue weighted by molar-refractivity contribution is 7.89. The Labute approximate surface area is 155 Å². The van der Waals surface area contributed by atoms with Gasteiger partial charge < -0.3 is 9.88 Å². The van der Waals surface area contributed by atoms with E-state index in [1.807, 2.05) is 12.1 Å². The lowest BCUT2D eigenvalue weighted by atomic mass is 9.87. The highest BCUT2D eigenvalue weighted by Crippen LogP contribution is 2.34. The van der Waals surface area contributed by atoms with E-state index in [9.17, 15) is 8.42 Å². The number of benzene rings is 1. The molecule has 2 N–H and O–H groups in total. The van der Waals surface area contributed by atoms with Crippen LogP contribution in [-0.2, 0) is 23.0 Å². The van der Waals surface area contributed by atoms with E-state index in [1.165, 1.54) is 56.1 Å². The van der Waals surface area contributed by atoms with Crippen LogP contribution in [0.3, 0.4) is 0 Å². The summed E-state index contributed by atoms with van der Waals surface area (Å²) in [7, 11) is -1.94. The van der Waals surface area contributed by atoms with Crippen LogP contribution >= 0.6 is 0 Å². The number of aromatic nitrogens is 1. The molecule has 0 amide bonds. The van der Waals surface area contributed by atoms with E-state index in [2.05, 4.69) is 20.7 Å². The fourth-order valence-electron chi connectivity index (χ4n) is 4.27. The highest BCUT2D eigenvalue weighted by Gasteiger charge is 2.23. The van der Waals surface area contributed by atoms with Crippen LogP contribution in [0.5, 0.6) is 0 Å². The Hall–Kier alpha value is -1.79. The largest absolute Gasteiger partial charge is 0.367 e. The van der Waals surface area contributed by atoms with Crippen molar-refractivity contribution in [2.45, 2.75) is 55.9 Å². The summed E-state index contributed by atoms with van der Waals surface area (Å²) in [4.78, 5) is 6.34. The first-order chi connectivity index (χ1) is 12.6. The summed E-state index contributed by atoms with van der Waals surface area (Å²) in [5, 5.41) is 0. The maximum absolute atomic E-state index is 11.9. The van der Waals surface area contributed by atoms with E-state index in [0.29, 0.717) is 10.8 Å². The third-order valence-corrected chi connectivity index (χ3v) is 7.26. The van der Waals surface area contributed by atoms with Crippen molar-refractivity contribution >= 4 is 15.7 Å². The zero-order valence-corrected chi connectivity index (χ0v) is 16.1. The van der Waals surface area contributed by atoms with Gasteiger partial charge in [0.15, 0.2) is 0 Å². The minimum Gasteiger partial charge on any atom is -0.367 e. The van der Waals surface area contributed by atoms with Crippen molar-refractivity contribution in [3.05, 3.63) is 47.3 Å². The van der Waals surface area contributed by atoms with Crippen molar-refractivity contribution in [3.8, 4) is 0 Å². The Balaban J connectivity index is 1.50. The molecule has 1 aliphatic carbocycles. The molecular formula is C20H27N3O2S. The molecule has 1 aliphatic heterocycles. The smallest absolute Gasteiger partial charge is 0.240 e. The van der Waals surface area contributed by atoms with Gasteiger partial charge in [-0.2, -0.15) is 0 Å². The van der Waals surface area contributed by atoms with Crippen LogP contribution in [0.2, 0.25) is 0 Å². The maximum Gasteiger partial charge on any atom is 0.240 e. The molecule has 0 radical (unpaired) electrons. The fraction of sp³-hybridized carbons (Fsp3) is 0.500. The highest BCUT2D eigenvalue weighted by atomic mass is 32.2. The summed E-state index contributed by atoms with van der Waals surface area (Å²) < 4.78 is 26.1. The number of rotatable bonds is 4. The lowest BCUT2D eigenvalue weighted by Crippen LogP contribution is -2.30. The second-order valence-electron chi connectivity index (χ2n) is 7.44. The number of nitrogens with one attached hydrogen (secondary N) is 2. The maximum atomic E-state index is 11.9. The Morgan fingerprint density at radius 3 is 2.54 bits per heavy atom. The molecule has 2 aliphatic rings. The van der Waals surface area contributed by atoms with Crippen LogP contribution < -0.4 is 9.62 Å². The van der Waals surface area contributed by atoms with Gasteiger partial charge in [0.05, 0.1) is 4.90 Å². The zero-order chi connectivity index (χ0) is 18.1. The van der Waals surface area contributed by atoms with Gasteiger partial charge in [-0.25, -0.2) is 13.1 Å². The summed E-state index contributed by atoms with van der Waals surface area (Å²) >= 11 is 0. The van der Waals surface area contributed by atoms with Crippen LogP contribution in [0.4, 0.5) is 5.69 Å². The normalized spacial score (nSPS) is 18.7. The summed E-state index contributed by atoms with van der Waals surface area (Å²) in [5.41, 5.74) is 5.28. The molecule has 6 heteroatoms. The third-order valence-electron chi connectivity index (χ3n) is 5.83. The molecule has 0 unspecified atom stereocenters. The van der Waals surface area contributed by atoms with Gasteiger partial charge in [-0.3, -0.25) is 0 Å². The SMILES string of the molecule is CNS(=O)(=O)c1ccc(N2CCc3[nH]c(C4CCCCC4)cc3C2)cc1. The number of anilines is 1. The summed E-state index contributed by atoms with van der Waals surface area (Å²) in [6.45, 7) is 1.84. The molecule has 2 heterocycles. The van der Waals surface area contributed by atoms with Crippen LogP contribution in [0.15, 0.2) is 35.2 Å². The monoisotopic (exact) mass is 373 g/mol. The van der Waals surface area contributed by atoms with Crippen molar-refractivity contribution < 1.29 is 8.42 Å². The van der Waals surface area contributed by atoms with E-state index in [-0.39, 0.29) is 0 Å². The van der Waals surface area contributed by atoms with Crippen LogP contribution in [0.1, 0.15) is 55.0 Å². The Bertz CT molecular complexity index is 865. The van der Waals surface area contributed by atoms with Gasteiger partial charge in [0, 0.05) is 36.6 Å².